The molecule has 0 spiro atoms. The molecule has 118 valence electrons. The van der Waals surface area contributed by atoms with Crippen molar-refractivity contribution in [2.24, 2.45) is 0 Å². The smallest absolute Gasteiger partial charge is 0.312 e. The van der Waals surface area contributed by atoms with Gasteiger partial charge in [0.15, 0.2) is 8.32 Å². The Balaban J connectivity index is 2.60. The molecule has 0 saturated carbocycles. The molecule has 1 aromatic heterocycles. The average molecular weight is 376 g/mol. The van der Waals surface area contributed by atoms with E-state index in [9.17, 15) is 10.1 Å². The maximum absolute atomic E-state index is 11.0. The summed E-state index contributed by atoms with van der Waals surface area (Å²) in [5.41, 5.74) is -0.0447. The van der Waals surface area contributed by atoms with Crippen molar-refractivity contribution in [2.75, 3.05) is 18.5 Å². The minimum Gasteiger partial charge on any atom is -0.415 e. The van der Waals surface area contributed by atoms with Crippen LogP contribution in [-0.2, 0) is 4.43 Å². The number of nitrogens with one attached hydrogen (secondary N) is 1. The Morgan fingerprint density at radius 3 is 2.62 bits per heavy atom. The molecule has 8 heteroatoms. The molecule has 0 amide bonds. The highest BCUT2D eigenvalue weighted by atomic mass is 79.9. The van der Waals surface area contributed by atoms with Crippen molar-refractivity contribution in [1.29, 1.82) is 0 Å². The lowest BCUT2D eigenvalue weighted by Crippen LogP contribution is -2.41. The van der Waals surface area contributed by atoms with Crippen molar-refractivity contribution >= 4 is 35.8 Å². The van der Waals surface area contributed by atoms with Gasteiger partial charge in [-0.15, -0.1) is 0 Å². The van der Waals surface area contributed by atoms with Crippen LogP contribution in [-0.4, -0.2) is 31.4 Å². The number of nitrogens with zero attached hydrogens (tertiary/aromatic N) is 2. The Labute approximate surface area is 134 Å². The number of halogens is 1. The molecule has 0 aliphatic carbocycles. The molecule has 1 rings (SSSR count). The Kier molecular flexibility index (Phi) is 5.89. The molecule has 0 saturated heterocycles. The number of hydrogen-bond acceptors (Lipinski definition) is 5. The maximum Gasteiger partial charge on any atom is 0.312 e. The third-order valence-corrected chi connectivity index (χ3v) is 8.67. The van der Waals surface area contributed by atoms with Gasteiger partial charge < -0.3 is 9.74 Å². The minimum absolute atomic E-state index is 0.0447. The molecule has 0 bridgehead atoms. The first-order chi connectivity index (χ1) is 9.54. The zero-order valence-electron chi connectivity index (χ0n) is 13.1. The second kappa shape index (κ2) is 6.84. The maximum atomic E-state index is 11.0. The molecule has 6 nitrogen and oxygen atoms in total. The van der Waals surface area contributed by atoms with Gasteiger partial charge in [0.2, 0.25) is 5.82 Å². The van der Waals surface area contributed by atoms with Gasteiger partial charge in [-0.1, -0.05) is 20.8 Å². The number of rotatable bonds is 6. The lowest BCUT2D eigenvalue weighted by atomic mass is 10.2. The fourth-order valence-corrected chi connectivity index (χ4v) is 2.76. The minimum atomic E-state index is -1.79. The number of hydrogen-bond donors (Lipinski definition) is 1. The predicted octanol–water partition coefficient (Wildman–Crippen LogP) is 4.19. The summed E-state index contributed by atoms with van der Waals surface area (Å²) in [5.74, 6) is 0.266. The third kappa shape index (κ3) is 5.05. The van der Waals surface area contributed by atoms with Crippen LogP contribution in [0, 0.1) is 10.1 Å². The molecule has 0 aromatic carbocycles. The highest BCUT2D eigenvalue weighted by Crippen LogP contribution is 2.36. The summed E-state index contributed by atoms with van der Waals surface area (Å²) in [7, 11) is -1.79. The van der Waals surface area contributed by atoms with Gasteiger partial charge in [-0.2, -0.15) is 0 Å². The summed E-state index contributed by atoms with van der Waals surface area (Å²) in [4.78, 5) is 14.6. The number of pyridine rings is 1. The topological polar surface area (TPSA) is 77.3 Å². The Hall–Kier alpha value is -0.993. The fraction of sp³-hybridized carbons (Fsp3) is 0.615. The molecule has 1 N–H and O–H groups in total. The average Bonchev–Trinajstić information content (AvgIpc) is 2.34. The normalized spacial score (nSPS) is 12.3. The van der Waals surface area contributed by atoms with Crippen LogP contribution in [0.4, 0.5) is 11.5 Å². The van der Waals surface area contributed by atoms with Crippen molar-refractivity contribution in [2.45, 2.75) is 38.9 Å². The first-order valence-corrected chi connectivity index (χ1v) is 10.4. The van der Waals surface area contributed by atoms with Crippen LogP contribution in [0.5, 0.6) is 0 Å². The lowest BCUT2D eigenvalue weighted by Gasteiger charge is -2.36. The number of nitro groups is 1. The van der Waals surface area contributed by atoms with Crippen LogP contribution in [0.1, 0.15) is 20.8 Å². The van der Waals surface area contributed by atoms with Crippen LogP contribution in [0.15, 0.2) is 16.7 Å². The molecular formula is C13H22BrN3O3Si. The number of aromatic nitrogens is 1. The summed E-state index contributed by atoms with van der Waals surface area (Å²) in [5, 5.41) is 14.1. The van der Waals surface area contributed by atoms with Crippen LogP contribution in [0.3, 0.4) is 0 Å². The number of anilines is 1. The van der Waals surface area contributed by atoms with Gasteiger partial charge >= 0.3 is 5.69 Å². The molecule has 0 unspecified atom stereocenters. The van der Waals surface area contributed by atoms with E-state index >= 15 is 0 Å². The summed E-state index contributed by atoms with van der Waals surface area (Å²) < 4.78 is 6.59. The fourth-order valence-electron chi connectivity index (χ4n) is 1.40. The quantitative estimate of drug-likeness (QED) is 0.349. The van der Waals surface area contributed by atoms with Gasteiger partial charge in [0, 0.05) is 23.3 Å². The largest absolute Gasteiger partial charge is 0.415 e. The van der Waals surface area contributed by atoms with E-state index in [-0.39, 0.29) is 16.5 Å². The van der Waals surface area contributed by atoms with Crippen molar-refractivity contribution < 1.29 is 9.35 Å². The molecule has 1 heterocycles. The highest BCUT2D eigenvalue weighted by molar-refractivity contribution is 9.10. The molecule has 1 aromatic rings. The van der Waals surface area contributed by atoms with Crippen molar-refractivity contribution in [1.82, 2.24) is 4.98 Å². The lowest BCUT2D eigenvalue weighted by molar-refractivity contribution is -0.384. The molecule has 0 aliphatic heterocycles. The second-order valence-electron chi connectivity index (χ2n) is 6.31. The Morgan fingerprint density at radius 1 is 1.48 bits per heavy atom. The summed E-state index contributed by atoms with van der Waals surface area (Å²) >= 11 is 3.18. The van der Waals surface area contributed by atoms with E-state index in [0.717, 1.165) is 0 Å². The monoisotopic (exact) mass is 375 g/mol. The molecule has 21 heavy (non-hydrogen) atoms. The molecule has 0 aliphatic rings. The van der Waals surface area contributed by atoms with E-state index in [1.165, 1.54) is 12.3 Å². The predicted molar refractivity (Wildman–Crippen MR) is 90.2 cm³/mol. The molecule has 0 atom stereocenters. The van der Waals surface area contributed by atoms with E-state index in [1.54, 1.807) is 0 Å². The summed E-state index contributed by atoms with van der Waals surface area (Å²) in [6.45, 7) is 11.9. The van der Waals surface area contributed by atoms with Crippen LogP contribution in [0.25, 0.3) is 0 Å². The van der Waals surface area contributed by atoms with Gasteiger partial charge in [-0.3, -0.25) is 10.1 Å². The van der Waals surface area contributed by atoms with Gasteiger partial charge in [0.05, 0.1) is 11.5 Å². The van der Waals surface area contributed by atoms with Crippen molar-refractivity contribution in [3.8, 4) is 0 Å². The van der Waals surface area contributed by atoms with Crippen LogP contribution < -0.4 is 5.32 Å². The van der Waals surface area contributed by atoms with Gasteiger partial charge in [-0.25, -0.2) is 4.98 Å². The van der Waals surface area contributed by atoms with E-state index < -0.39 is 13.2 Å². The summed E-state index contributed by atoms with van der Waals surface area (Å²) in [6, 6.07) is 1.43. The first kappa shape index (κ1) is 18.1. The Morgan fingerprint density at radius 2 is 2.10 bits per heavy atom. The Bertz CT molecular complexity index is 518. The second-order valence-corrected chi connectivity index (χ2v) is 12.0. The van der Waals surface area contributed by atoms with Gasteiger partial charge in [0.1, 0.15) is 0 Å². The zero-order chi connectivity index (χ0) is 16.3. The highest BCUT2D eigenvalue weighted by Gasteiger charge is 2.36. The first-order valence-electron chi connectivity index (χ1n) is 6.72. The van der Waals surface area contributed by atoms with Crippen molar-refractivity contribution in [3.05, 3.63) is 26.9 Å². The van der Waals surface area contributed by atoms with E-state index in [1.807, 2.05) is 0 Å². The van der Waals surface area contributed by atoms with Gasteiger partial charge in [-0.05, 0) is 34.1 Å². The molecular weight excluding hydrogens is 354 g/mol. The van der Waals surface area contributed by atoms with Crippen LogP contribution >= 0.6 is 15.9 Å². The zero-order valence-corrected chi connectivity index (χ0v) is 15.7. The third-order valence-electron chi connectivity index (χ3n) is 3.69. The van der Waals surface area contributed by atoms with Gasteiger partial charge in [0.25, 0.3) is 0 Å². The standard InChI is InChI=1S/C13H22BrN3O3Si/c1-13(2,3)21(4,5)20-7-6-15-12-11(17(18)19)8-10(14)9-16-12/h8-9H,6-7H2,1-5H3,(H,15,16). The van der Waals surface area contributed by atoms with E-state index in [0.29, 0.717) is 17.6 Å². The van der Waals surface area contributed by atoms with E-state index in [4.69, 9.17) is 4.43 Å². The molecule has 0 fully saturated rings. The van der Waals surface area contributed by atoms with Crippen molar-refractivity contribution in [3.63, 3.8) is 0 Å². The van der Waals surface area contributed by atoms with E-state index in [2.05, 4.69) is 60.1 Å². The SMILES string of the molecule is CC(C)(C)[Si](C)(C)OCCNc1ncc(Br)cc1[N+](=O)[O-]. The molecule has 0 radical (unpaired) electrons. The van der Waals surface area contributed by atoms with Crippen LogP contribution in [0.2, 0.25) is 18.1 Å². The summed E-state index contributed by atoms with van der Waals surface area (Å²) in [6.07, 6.45) is 1.53.